The molecular weight excluding hydrogens is 428 g/mol. The van der Waals surface area contributed by atoms with Crippen molar-refractivity contribution in [2.45, 2.75) is 44.7 Å². The van der Waals surface area contributed by atoms with E-state index in [2.05, 4.69) is 30.4 Å². The van der Waals surface area contributed by atoms with E-state index in [4.69, 9.17) is 14.2 Å². The van der Waals surface area contributed by atoms with E-state index in [0.717, 1.165) is 0 Å². The number of esters is 2. The Morgan fingerprint density at radius 3 is 2.21 bits per heavy atom. The van der Waals surface area contributed by atoms with E-state index < -0.39 is 47.4 Å². The Hall–Kier alpha value is -3.10. The lowest BCUT2D eigenvalue weighted by Gasteiger charge is -2.33. The summed E-state index contributed by atoms with van der Waals surface area (Å²) in [5.41, 5.74) is -1.41. The lowest BCUT2D eigenvalue weighted by atomic mass is 9.88. The summed E-state index contributed by atoms with van der Waals surface area (Å²) in [5, 5.41) is 5.44. The normalized spacial score (nSPS) is 25.7. The number of ether oxygens (including phenoxy) is 3. The molecule has 9 heteroatoms. The van der Waals surface area contributed by atoms with E-state index in [1.165, 1.54) is 18.2 Å². The molecule has 0 radical (unpaired) electrons. The summed E-state index contributed by atoms with van der Waals surface area (Å²) in [5.74, 6) is -2.59. The molecule has 0 aromatic carbocycles. The summed E-state index contributed by atoms with van der Waals surface area (Å²) in [4.78, 5) is 51.0. The van der Waals surface area contributed by atoms with Crippen LogP contribution in [0.5, 0.6) is 0 Å². The van der Waals surface area contributed by atoms with Gasteiger partial charge in [-0.3, -0.25) is 9.59 Å². The number of carbonyl (C=O) groups is 4. The maximum Gasteiger partial charge on any atom is 0.408 e. The first-order chi connectivity index (χ1) is 15.7. The Bertz CT molecular complexity index is 794. The number of rotatable bonds is 13. The van der Waals surface area contributed by atoms with Crippen LogP contribution >= 0.6 is 0 Å². The minimum atomic E-state index is -1.41. The van der Waals surface area contributed by atoms with Gasteiger partial charge in [-0.05, 0) is 31.1 Å². The molecule has 0 heterocycles. The first kappa shape index (κ1) is 26.2. The zero-order chi connectivity index (χ0) is 24.6. The molecule has 2 aliphatic rings. The predicted molar refractivity (Wildman–Crippen MR) is 121 cm³/mol. The third-order valence-electron chi connectivity index (χ3n) is 5.93. The third-order valence-corrected chi connectivity index (χ3v) is 5.93. The van der Waals surface area contributed by atoms with Crippen molar-refractivity contribution in [1.29, 1.82) is 0 Å². The van der Waals surface area contributed by atoms with Gasteiger partial charge in [0.2, 0.25) is 5.91 Å². The van der Waals surface area contributed by atoms with Gasteiger partial charge in [0, 0.05) is 5.92 Å². The molecule has 0 aliphatic heterocycles. The highest BCUT2D eigenvalue weighted by Crippen LogP contribution is 2.62. The Morgan fingerprint density at radius 1 is 1.00 bits per heavy atom. The second kappa shape index (κ2) is 11.7. The fraction of sp³-hybridized carbons (Fsp3) is 0.583. The molecule has 2 saturated carbocycles. The van der Waals surface area contributed by atoms with Crippen molar-refractivity contribution >= 4 is 23.9 Å². The summed E-state index contributed by atoms with van der Waals surface area (Å²) in [7, 11) is 0. The lowest BCUT2D eigenvalue weighted by molar-refractivity contribution is -0.149. The smallest absolute Gasteiger partial charge is 0.408 e. The van der Waals surface area contributed by atoms with E-state index >= 15 is 0 Å². The number of hydrogen-bond acceptors (Lipinski definition) is 7. The van der Waals surface area contributed by atoms with Crippen molar-refractivity contribution in [3.8, 4) is 0 Å². The van der Waals surface area contributed by atoms with Gasteiger partial charge in [0.05, 0.1) is 5.92 Å². The zero-order valence-electron chi connectivity index (χ0n) is 19.3. The fourth-order valence-corrected chi connectivity index (χ4v) is 4.56. The molecule has 9 nitrogen and oxygen atoms in total. The number of alkyl carbamates (subject to hydrolysis) is 1. The fourth-order valence-electron chi connectivity index (χ4n) is 4.56. The molecule has 33 heavy (non-hydrogen) atoms. The maximum absolute atomic E-state index is 13.6. The van der Waals surface area contributed by atoms with Crippen molar-refractivity contribution in [3.63, 3.8) is 0 Å². The van der Waals surface area contributed by atoms with Crippen LogP contribution in [0.15, 0.2) is 38.0 Å². The van der Waals surface area contributed by atoms with Crippen LogP contribution < -0.4 is 10.6 Å². The molecule has 0 saturated heterocycles. The number of hydrogen-bond donors (Lipinski definition) is 2. The molecule has 4 unspecified atom stereocenters. The average molecular weight is 463 g/mol. The summed E-state index contributed by atoms with van der Waals surface area (Å²) in [6.45, 7) is 14.4. The van der Waals surface area contributed by atoms with Crippen molar-refractivity contribution in [2.75, 3.05) is 19.8 Å². The molecule has 0 spiro atoms. The van der Waals surface area contributed by atoms with Gasteiger partial charge in [-0.1, -0.05) is 51.8 Å². The predicted octanol–water partition coefficient (Wildman–Crippen LogP) is 2.28. The van der Waals surface area contributed by atoms with Crippen molar-refractivity contribution < 1.29 is 33.4 Å². The Kier molecular flexibility index (Phi) is 9.25. The van der Waals surface area contributed by atoms with Crippen LogP contribution in [-0.4, -0.2) is 55.3 Å². The second-order valence-electron chi connectivity index (χ2n) is 8.73. The van der Waals surface area contributed by atoms with Crippen LogP contribution in [0.3, 0.4) is 0 Å². The number of carbonyl (C=O) groups excluding carboxylic acids is 4. The number of nitrogens with one attached hydrogen (secondary N) is 2. The van der Waals surface area contributed by atoms with Gasteiger partial charge in [0.1, 0.15) is 31.4 Å². The van der Waals surface area contributed by atoms with E-state index in [1.807, 2.05) is 13.8 Å². The van der Waals surface area contributed by atoms with Gasteiger partial charge in [0.25, 0.3) is 0 Å². The van der Waals surface area contributed by atoms with Crippen LogP contribution in [0.25, 0.3) is 0 Å². The first-order valence-corrected chi connectivity index (χ1v) is 11.1. The van der Waals surface area contributed by atoms with Gasteiger partial charge >= 0.3 is 18.0 Å². The van der Waals surface area contributed by atoms with Crippen LogP contribution in [0.1, 0.15) is 33.1 Å². The first-order valence-electron chi connectivity index (χ1n) is 11.1. The lowest BCUT2D eigenvalue weighted by Crippen LogP contribution is -2.62. The number of fused-ring (bicyclic) bond motifs is 1. The topological polar surface area (TPSA) is 120 Å². The standard InChI is InChI=1S/C24H34N2O7/c1-6-11-31-20(27)17(14-15(4)5)25-22(29)24(26-23(30)33-13-8-3)10-9-16-18(19(16)24)21(28)32-12-7-2/h6-8,15-19H,1-3,9-14H2,4-5H3,(H,25,29)(H,26,30)/t16?,17-,18?,19?,24?/m0/s1. The van der Waals surface area contributed by atoms with Gasteiger partial charge < -0.3 is 24.8 Å². The highest BCUT2D eigenvalue weighted by atomic mass is 16.6. The molecule has 0 bridgehead atoms. The van der Waals surface area contributed by atoms with Crippen molar-refractivity contribution in [2.24, 2.45) is 23.7 Å². The largest absolute Gasteiger partial charge is 0.461 e. The molecule has 2 amide bonds. The van der Waals surface area contributed by atoms with E-state index in [-0.39, 0.29) is 31.7 Å². The third kappa shape index (κ3) is 6.24. The highest BCUT2D eigenvalue weighted by Gasteiger charge is 2.72. The average Bonchev–Trinajstić information content (AvgIpc) is 3.40. The quantitative estimate of drug-likeness (QED) is 0.245. The minimum absolute atomic E-state index is 0.0164. The number of amides is 2. The zero-order valence-corrected chi connectivity index (χ0v) is 19.3. The minimum Gasteiger partial charge on any atom is -0.461 e. The van der Waals surface area contributed by atoms with Crippen molar-refractivity contribution in [3.05, 3.63) is 38.0 Å². The molecule has 2 fully saturated rings. The maximum atomic E-state index is 13.6. The summed E-state index contributed by atoms with van der Waals surface area (Å²) in [6.07, 6.45) is 4.71. The van der Waals surface area contributed by atoms with Crippen LogP contribution in [-0.2, 0) is 28.6 Å². The highest BCUT2D eigenvalue weighted by molar-refractivity contribution is 5.96. The summed E-state index contributed by atoms with van der Waals surface area (Å²) < 4.78 is 15.4. The van der Waals surface area contributed by atoms with Crippen molar-refractivity contribution in [1.82, 2.24) is 10.6 Å². The molecule has 0 aromatic rings. The van der Waals surface area contributed by atoms with Gasteiger partial charge in [0.15, 0.2) is 0 Å². The molecule has 5 atom stereocenters. The molecule has 0 aromatic heterocycles. The SMILES string of the molecule is C=CCOC(=O)NC1(C(=O)N[C@@H](CC(C)C)C(=O)OCC=C)CCC2C(C(=O)OCC=C)C21. The molecular formula is C24H34N2O7. The van der Waals surface area contributed by atoms with Crippen LogP contribution in [0, 0.1) is 23.7 Å². The Balaban J connectivity index is 2.26. The summed E-state index contributed by atoms with van der Waals surface area (Å²) >= 11 is 0. The van der Waals surface area contributed by atoms with Gasteiger partial charge in [-0.2, -0.15) is 0 Å². The van der Waals surface area contributed by atoms with Gasteiger partial charge in [-0.25, -0.2) is 9.59 Å². The molecule has 2 rings (SSSR count). The monoisotopic (exact) mass is 462 g/mol. The Labute approximate surface area is 194 Å². The molecule has 2 aliphatic carbocycles. The summed E-state index contributed by atoms with van der Waals surface area (Å²) in [6, 6.07) is -0.913. The van der Waals surface area contributed by atoms with E-state index in [0.29, 0.717) is 19.3 Å². The molecule has 2 N–H and O–H groups in total. The second-order valence-corrected chi connectivity index (χ2v) is 8.73. The molecule has 182 valence electrons. The Morgan fingerprint density at radius 2 is 1.61 bits per heavy atom. The van der Waals surface area contributed by atoms with Crippen LogP contribution in [0.2, 0.25) is 0 Å². The van der Waals surface area contributed by atoms with Gasteiger partial charge in [-0.15, -0.1) is 0 Å². The van der Waals surface area contributed by atoms with E-state index in [9.17, 15) is 19.2 Å². The van der Waals surface area contributed by atoms with E-state index in [1.54, 1.807) is 0 Å². The van der Waals surface area contributed by atoms with Crippen LogP contribution in [0.4, 0.5) is 4.79 Å².